The molecule has 0 aromatic heterocycles. The first-order valence-electron chi connectivity index (χ1n) is 7.59. The van der Waals surface area contributed by atoms with Crippen molar-refractivity contribution in [1.82, 2.24) is 0 Å². The van der Waals surface area contributed by atoms with Crippen LogP contribution in [-0.4, -0.2) is 8.32 Å². The molecule has 0 amide bonds. The minimum atomic E-state index is -1.46. The van der Waals surface area contributed by atoms with Crippen LogP contribution in [0, 0.1) is 6.10 Å². The predicted octanol–water partition coefficient (Wildman–Crippen LogP) is 5.92. The van der Waals surface area contributed by atoms with Crippen LogP contribution in [-0.2, 0) is 4.43 Å². The van der Waals surface area contributed by atoms with Crippen molar-refractivity contribution in [1.29, 1.82) is 0 Å². The lowest BCUT2D eigenvalue weighted by molar-refractivity contribution is 0.320. The smallest absolute Gasteiger partial charge is 0.193 e. The first kappa shape index (κ1) is 17.2. The Hall–Kier alpha value is 0.177. The first-order chi connectivity index (χ1) is 8.10. The van der Waals surface area contributed by atoms with Gasteiger partial charge < -0.3 is 4.43 Å². The van der Waals surface area contributed by atoms with Crippen LogP contribution < -0.4 is 0 Å². The average molecular weight is 258 g/mol. The van der Waals surface area contributed by atoms with Crippen LogP contribution in [0.25, 0.3) is 0 Å². The second kappa shape index (κ2) is 10.1. The minimum Gasteiger partial charge on any atom is -0.409 e. The first-order valence-corrected chi connectivity index (χ1v) is 10.1. The summed E-state index contributed by atoms with van der Waals surface area (Å²) < 4.78 is 6.40. The van der Waals surface area contributed by atoms with E-state index in [9.17, 15) is 0 Å². The lowest BCUT2D eigenvalue weighted by atomic mass is 10.4. The molecular weight excluding hydrogens is 224 g/mol. The summed E-state index contributed by atoms with van der Waals surface area (Å²) in [5.74, 6) is 0. The summed E-state index contributed by atoms with van der Waals surface area (Å²) in [6.07, 6.45) is 9.17. The summed E-state index contributed by atoms with van der Waals surface area (Å²) in [5.41, 5.74) is 0. The van der Waals surface area contributed by atoms with E-state index in [1.54, 1.807) is 0 Å². The van der Waals surface area contributed by atoms with E-state index in [4.69, 9.17) is 4.43 Å². The summed E-state index contributed by atoms with van der Waals surface area (Å²) in [5, 5.41) is 0. The van der Waals surface area contributed by atoms with Crippen molar-refractivity contribution in [3.05, 3.63) is 6.10 Å². The second-order valence-electron chi connectivity index (χ2n) is 5.50. The van der Waals surface area contributed by atoms with Crippen LogP contribution in [0.5, 0.6) is 0 Å². The van der Waals surface area contributed by atoms with Gasteiger partial charge >= 0.3 is 0 Å². The molecule has 0 unspecified atom stereocenters. The minimum absolute atomic E-state index is 1.19. The van der Waals surface area contributed by atoms with Gasteiger partial charge in [0, 0.05) is 0 Å². The van der Waals surface area contributed by atoms with Gasteiger partial charge in [-0.1, -0.05) is 59.3 Å². The largest absolute Gasteiger partial charge is 0.409 e. The van der Waals surface area contributed by atoms with Gasteiger partial charge in [0.2, 0.25) is 0 Å². The maximum atomic E-state index is 6.40. The van der Waals surface area contributed by atoms with E-state index in [0.29, 0.717) is 0 Å². The van der Waals surface area contributed by atoms with Gasteiger partial charge in [0.15, 0.2) is 8.32 Å². The Morgan fingerprint density at radius 3 is 1.35 bits per heavy atom. The lowest BCUT2D eigenvalue weighted by Gasteiger charge is -2.33. The van der Waals surface area contributed by atoms with Crippen LogP contribution >= 0.6 is 0 Å². The van der Waals surface area contributed by atoms with Gasteiger partial charge in [-0.3, -0.25) is 0 Å². The Bertz CT molecular complexity index is 147. The lowest BCUT2D eigenvalue weighted by Crippen LogP contribution is -2.38. The Balaban J connectivity index is 4.51. The maximum Gasteiger partial charge on any atom is 0.193 e. The predicted molar refractivity (Wildman–Crippen MR) is 80.6 cm³/mol. The monoisotopic (exact) mass is 257 g/mol. The van der Waals surface area contributed by atoms with Crippen molar-refractivity contribution in [2.24, 2.45) is 0 Å². The third-order valence-corrected chi connectivity index (χ3v) is 8.01. The third-order valence-electron chi connectivity index (χ3n) is 3.38. The van der Waals surface area contributed by atoms with E-state index in [2.05, 4.69) is 34.6 Å². The topological polar surface area (TPSA) is 9.23 Å². The Labute approximate surface area is 110 Å². The normalized spacial score (nSPS) is 12.4. The van der Waals surface area contributed by atoms with E-state index in [1.165, 1.54) is 62.8 Å². The SMILES string of the molecule is CCCC[Si](CCCC)(CCCC)O[C](C)C. The van der Waals surface area contributed by atoms with Gasteiger partial charge in [-0.2, -0.15) is 0 Å². The van der Waals surface area contributed by atoms with Gasteiger partial charge in [0.1, 0.15) is 0 Å². The van der Waals surface area contributed by atoms with E-state index in [0.717, 1.165) is 0 Å². The summed E-state index contributed by atoms with van der Waals surface area (Å²) in [4.78, 5) is 0. The van der Waals surface area contributed by atoms with Gasteiger partial charge in [-0.15, -0.1) is 0 Å². The highest BCUT2D eigenvalue weighted by Gasteiger charge is 2.34. The van der Waals surface area contributed by atoms with Crippen LogP contribution in [0.1, 0.15) is 73.1 Å². The second-order valence-corrected chi connectivity index (χ2v) is 9.57. The number of hydrogen-bond donors (Lipinski definition) is 0. The van der Waals surface area contributed by atoms with Crippen molar-refractivity contribution in [2.45, 2.75) is 91.3 Å². The molecule has 0 rings (SSSR count). The zero-order valence-corrected chi connectivity index (χ0v) is 13.8. The molecule has 0 aliphatic heterocycles. The molecular formula is C15H33OSi. The molecule has 0 N–H and O–H groups in total. The van der Waals surface area contributed by atoms with Crippen LogP contribution in [0.3, 0.4) is 0 Å². The van der Waals surface area contributed by atoms with Gasteiger partial charge in [-0.25, -0.2) is 0 Å². The van der Waals surface area contributed by atoms with E-state index in [1.807, 2.05) is 0 Å². The molecule has 0 aromatic rings. The van der Waals surface area contributed by atoms with Crippen molar-refractivity contribution >= 4 is 8.32 Å². The molecule has 1 nitrogen and oxygen atoms in total. The van der Waals surface area contributed by atoms with Crippen molar-refractivity contribution in [3.63, 3.8) is 0 Å². The van der Waals surface area contributed by atoms with Crippen LogP contribution in [0.15, 0.2) is 0 Å². The number of hydrogen-bond acceptors (Lipinski definition) is 1. The zero-order valence-electron chi connectivity index (χ0n) is 12.8. The molecule has 17 heavy (non-hydrogen) atoms. The van der Waals surface area contributed by atoms with Gasteiger partial charge in [-0.05, 0) is 32.0 Å². The fourth-order valence-electron chi connectivity index (χ4n) is 2.46. The molecule has 0 fully saturated rings. The van der Waals surface area contributed by atoms with Crippen molar-refractivity contribution < 1.29 is 4.43 Å². The van der Waals surface area contributed by atoms with Crippen LogP contribution in [0.4, 0.5) is 0 Å². The summed E-state index contributed by atoms with van der Waals surface area (Å²) in [6.45, 7) is 11.1. The molecule has 0 aliphatic carbocycles. The third kappa shape index (κ3) is 7.99. The van der Waals surface area contributed by atoms with Crippen LogP contribution in [0.2, 0.25) is 18.1 Å². The quantitative estimate of drug-likeness (QED) is 0.417. The molecule has 0 saturated heterocycles. The highest BCUT2D eigenvalue weighted by atomic mass is 28.4. The molecule has 0 atom stereocenters. The fraction of sp³-hybridized carbons (Fsp3) is 0.933. The zero-order chi connectivity index (χ0) is 13.1. The molecule has 1 radical (unpaired) electrons. The molecule has 0 spiro atoms. The summed E-state index contributed by atoms with van der Waals surface area (Å²) >= 11 is 0. The average Bonchev–Trinajstić information content (AvgIpc) is 2.30. The fourth-order valence-corrected chi connectivity index (χ4v) is 7.37. The number of unbranched alkanes of at least 4 members (excludes halogenated alkanes) is 3. The standard InChI is InChI=1S/C15H33OSi/c1-6-9-12-17(13-10-7-2,14-11-8-3)16-15(4)5/h6-14H2,1-5H3. The molecule has 0 saturated carbocycles. The summed E-state index contributed by atoms with van der Waals surface area (Å²) in [6, 6.07) is 4.11. The molecule has 0 bridgehead atoms. The van der Waals surface area contributed by atoms with E-state index < -0.39 is 8.32 Å². The molecule has 0 aliphatic rings. The summed E-state index contributed by atoms with van der Waals surface area (Å²) in [7, 11) is -1.46. The highest BCUT2D eigenvalue weighted by molar-refractivity contribution is 6.74. The Morgan fingerprint density at radius 2 is 1.12 bits per heavy atom. The van der Waals surface area contributed by atoms with E-state index >= 15 is 0 Å². The van der Waals surface area contributed by atoms with Crippen molar-refractivity contribution in [2.75, 3.05) is 0 Å². The molecule has 0 heterocycles. The van der Waals surface area contributed by atoms with E-state index in [-0.39, 0.29) is 0 Å². The Morgan fingerprint density at radius 1 is 0.765 bits per heavy atom. The molecule has 103 valence electrons. The molecule has 0 aromatic carbocycles. The Kier molecular flexibility index (Phi) is 10.2. The highest BCUT2D eigenvalue weighted by Crippen LogP contribution is 2.31. The van der Waals surface area contributed by atoms with Gasteiger partial charge in [0.25, 0.3) is 0 Å². The number of rotatable bonds is 11. The maximum absolute atomic E-state index is 6.40. The van der Waals surface area contributed by atoms with Crippen molar-refractivity contribution in [3.8, 4) is 0 Å². The molecule has 2 heteroatoms. The van der Waals surface area contributed by atoms with Gasteiger partial charge in [0.05, 0.1) is 6.10 Å².